The lowest BCUT2D eigenvalue weighted by molar-refractivity contribution is 0.125. The van der Waals surface area contributed by atoms with E-state index in [9.17, 15) is 5.11 Å². The molecule has 1 unspecified atom stereocenters. The first-order valence-electron chi connectivity index (χ1n) is 7.04. The highest BCUT2D eigenvalue weighted by atomic mass is 35.5. The van der Waals surface area contributed by atoms with Gasteiger partial charge in [0.15, 0.2) is 0 Å². The number of nitrogens with zero attached hydrogens (tertiary/aromatic N) is 2. The van der Waals surface area contributed by atoms with Crippen molar-refractivity contribution in [2.45, 2.75) is 12.5 Å². The summed E-state index contributed by atoms with van der Waals surface area (Å²) in [6.45, 7) is 1.79. The summed E-state index contributed by atoms with van der Waals surface area (Å²) in [5.74, 6) is 0.631. The Hall–Kier alpha value is -1.94. The maximum atomic E-state index is 11.6. The number of hydrogen-bond acceptors (Lipinski definition) is 3. The van der Waals surface area contributed by atoms with Crippen LogP contribution in [0.2, 0.25) is 10.0 Å². The smallest absolute Gasteiger partial charge is 0.144 e. The molecule has 3 rings (SSSR count). The van der Waals surface area contributed by atoms with Crippen molar-refractivity contribution in [2.75, 3.05) is 0 Å². The van der Waals surface area contributed by atoms with Gasteiger partial charge < -0.3 is 5.11 Å². The van der Waals surface area contributed by atoms with Crippen LogP contribution in [0, 0.1) is 6.92 Å². The van der Waals surface area contributed by atoms with Gasteiger partial charge in [0.05, 0.1) is 0 Å². The monoisotopic (exact) mass is 344 g/mol. The molecule has 0 aliphatic rings. The molecule has 116 valence electrons. The van der Waals surface area contributed by atoms with E-state index in [1.54, 1.807) is 55.7 Å². The maximum Gasteiger partial charge on any atom is 0.144 e. The van der Waals surface area contributed by atoms with E-state index in [1.165, 1.54) is 0 Å². The van der Waals surface area contributed by atoms with Crippen molar-refractivity contribution >= 4 is 23.2 Å². The number of halogens is 2. The minimum absolute atomic E-state index is 0.463. The first-order chi connectivity index (χ1) is 11.0. The van der Waals surface area contributed by atoms with Crippen molar-refractivity contribution in [2.24, 2.45) is 0 Å². The summed E-state index contributed by atoms with van der Waals surface area (Å²) in [6, 6.07) is 14.2. The average molecular weight is 345 g/mol. The van der Waals surface area contributed by atoms with Crippen molar-refractivity contribution in [1.82, 2.24) is 9.97 Å². The lowest BCUT2D eigenvalue weighted by Crippen LogP contribution is -2.29. The number of aliphatic hydroxyl groups is 1. The maximum absolute atomic E-state index is 11.6. The standard InChI is InChI=1S/C18H14Cl2N2O/c1-12-21-10-14(11-22-12)18(23,13-6-8-15(19)9-7-13)16-4-2-3-5-17(16)20/h2-11,23H,1H3. The van der Waals surface area contributed by atoms with Crippen LogP contribution in [0.15, 0.2) is 60.9 Å². The van der Waals surface area contributed by atoms with E-state index in [0.717, 1.165) is 0 Å². The van der Waals surface area contributed by atoms with Gasteiger partial charge >= 0.3 is 0 Å². The second-order valence-electron chi connectivity index (χ2n) is 5.22. The number of hydrogen-bond donors (Lipinski definition) is 1. The molecule has 23 heavy (non-hydrogen) atoms. The topological polar surface area (TPSA) is 46.0 Å². The second-order valence-corrected chi connectivity index (χ2v) is 6.06. The van der Waals surface area contributed by atoms with Gasteiger partial charge in [0.2, 0.25) is 0 Å². The highest BCUT2D eigenvalue weighted by Gasteiger charge is 2.36. The first kappa shape index (κ1) is 15.9. The molecule has 3 aromatic rings. The summed E-state index contributed by atoms with van der Waals surface area (Å²) in [7, 11) is 0. The Morgan fingerprint density at radius 3 is 2.09 bits per heavy atom. The van der Waals surface area contributed by atoms with E-state index >= 15 is 0 Å². The molecule has 3 nitrogen and oxygen atoms in total. The Balaban J connectivity index is 2.27. The number of aryl methyl sites for hydroxylation is 1. The summed E-state index contributed by atoms with van der Waals surface area (Å²) >= 11 is 12.3. The van der Waals surface area contributed by atoms with E-state index in [1.807, 2.05) is 12.1 Å². The SMILES string of the molecule is Cc1ncc(C(O)(c2ccc(Cl)cc2)c2ccccc2Cl)cn1. The van der Waals surface area contributed by atoms with Crippen LogP contribution in [-0.4, -0.2) is 15.1 Å². The summed E-state index contributed by atoms with van der Waals surface area (Å²) in [5, 5.41) is 12.6. The van der Waals surface area contributed by atoms with Crippen LogP contribution in [-0.2, 0) is 5.60 Å². The minimum Gasteiger partial charge on any atom is -0.376 e. The highest BCUT2D eigenvalue weighted by molar-refractivity contribution is 6.31. The van der Waals surface area contributed by atoms with Gasteiger partial charge in [-0.25, -0.2) is 9.97 Å². The minimum atomic E-state index is -1.46. The first-order valence-corrected chi connectivity index (χ1v) is 7.80. The Kier molecular flexibility index (Phi) is 4.35. The molecule has 0 amide bonds. The highest BCUT2D eigenvalue weighted by Crippen LogP contribution is 2.39. The van der Waals surface area contributed by atoms with Crippen molar-refractivity contribution in [3.05, 3.63) is 93.5 Å². The van der Waals surface area contributed by atoms with Crippen molar-refractivity contribution in [3.63, 3.8) is 0 Å². The fourth-order valence-electron chi connectivity index (χ4n) is 2.50. The Labute approximate surface area is 144 Å². The zero-order chi connectivity index (χ0) is 16.4. The van der Waals surface area contributed by atoms with Crippen molar-refractivity contribution in [3.8, 4) is 0 Å². The molecule has 2 aromatic carbocycles. The Morgan fingerprint density at radius 1 is 0.870 bits per heavy atom. The third-order valence-corrected chi connectivity index (χ3v) is 4.31. The Bertz CT molecular complexity index is 772. The molecule has 0 fully saturated rings. The van der Waals surface area contributed by atoms with Crippen LogP contribution in [0.3, 0.4) is 0 Å². The van der Waals surface area contributed by atoms with Crippen LogP contribution < -0.4 is 0 Å². The molecular formula is C18H14Cl2N2O. The third kappa shape index (κ3) is 2.95. The van der Waals surface area contributed by atoms with Gasteiger partial charge in [-0.3, -0.25) is 0 Å². The summed E-state index contributed by atoms with van der Waals surface area (Å²) in [6.07, 6.45) is 3.22. The molecule has 1 atom stereocenters. The molecule has 0 spiro atoms. The molecule has 0 saturated carbocycles. The molecule has 0 saturated heterocycles. The normalized spacial score (nSPS) is 13.6. The van der Waals surface area contributed by atoms with Crippen LogP contribution in [0.5, 0.6) is 0 Å². The fraction of sp³-hybridized carbons (Fsp3) is 0.111. The summed E-state index contributed by atoms with van der Waals surface area (Å²) < 4.78 is 0. The van der Waals surface area contributed by atoms with Gasteiger partial charge in [0.1, 0.15) is 11.4 Å². The van der Waals surface area contributed by atoms with Gasteiger partial charge in [0, 0.05) is 33.6 Å². The van der Waals surface area contributed by atoms with E-state index < -0.39 is 5.60 Å². The van der Waals surface area contributed by atoms with Crippen molar-refractivity contribution < 1.29 is 5.11 Å². The van der Waals surface area contributed by atoms with Crippen LogP contribution >= 0.6 is 23.2 Å². The second kappa shape index (κ2) is 6.28. The number of aromatic nitrogens is 2. The van der Waals surface area contributed by atoms with Gasteiger partial charge in [-0.2, -0.15) is 0 Å². The van der Waals surface area contributed by atoms with Gasteiger partial charge in [-0.05, 0) is 30.7 Å². The van der Waals surface area contributed by atoms with E-state index in [0.29, 0.717) is 32.6 Å². The largest absolute Gasteiger partial charge is 0.376 e. The van der Waals surface area contributed by atoms with Gasteiger partial charge in [0.25, 0.3) is 0 Å². The molecular weight excluding hydrogens is 331 g/mol. The van der Waals surface area contributed by atoms with Gasteiger partial charge in [-0.1, -0.05) is 53.5 Å². The third-order valence-electron chi connectivity index (χ3n) is 3.72. The molecule has 1 heterocycles. The van der Waals surface area contributed by atoms with Gasteiger partial charge in [-0.15, -0.1) is 0 Å². The summed E-state index contributed by atoms with van der Waals surface area (Å²) in [4.78, 5) is 8.41. The Morgan fingerprint density at radius 2 is 1.48 bits per heavy atom. The fourth-order valence-corrected chi connectivity index (χ4v) is 2.90. The molecule has 1 aromatic heterocycles. The number of rotatable bonds is 3. The molecule has 1 N–H and O–H groups in total. The molecule has 0 aliphatic carbocycles. The van der Waals surface area contributed by atoms with E-state index in [-0.39, 0.29) is 0 Å². The quantitative estimate of drug-likeness (QED) is 0.766. The van der Waals surface area contributed by atoms with Crippen LogP contribution in [0.4, 0.5) is 0 Å². The lowest BCUT2D eigenvalue weighted by Gasteiger charge is -2.30. The van der Waals surface area contributed by atoms with E-state index in [2.05, 4.69) is 9.97 Å². The average Bonchev–Trinajstić information content (AvgIpc) is 2.56. The predicted octanol–water partition coefficient (Wildman–Crippen LogP) is 4.38. The number of benzene rings is 2. The molecule has 0 radical (unpaired) electrons. The lowest BCUT2D eigenvalue weighted by atomic mass is 9.81. The molecule has 0 bridgehead atoms. The summed E-state index contributed by atoms with van der Waals surface area (Å²) in [5.41, 5.74) is 0.286. The molecule has 5 heteroatoms. The molecule has 0 aliphatic heterocycles. The zero-order valence-corrected chi connectivity index (χ0v) is 13.9. The predicted molar refractivity (Wildman–Crippen MR) is 91.8 cm³/mol. The van der Waals surface area contributed by atoms with Crippen molar-refractivity contribution in [1.29, 1.82) is 0 Å². The van der Waals surface area contributed by atoms with Crippen LogP contribution in [0.25, 0.3) is 0 Å². The zero-order valence-electron chi connectivity index (χ0n) is 12.4. The van der Waals surface area contributed by atoms with Crippen LogP contribution in [0.1, 0.15) is 22.5 Å². The van der Waals surface area contributed by atoms with E-state index in [4.69, 9.17) is 23.2 Å².